The predicted octanol–water partition coefficient (Wildman–Crippen LogP) is 3.64. The normalized spacial score (nSPS) is 10.6. The van der Waals surface area contributed by atoms with Crippen molar-refractivity contribution in [3.05, 3.63) is 55.9 Å². The maximum Gasteiger partial charge on any atom is 0.335 e. The fourth-order valence-electron chi connectivity index (χ4n) is 1.61. The lowest BCUT2D eigenvalue weighted by Gasteiger charge is -2.06. The summed E-state index contributed by atoms with van der Waals surface area (Å²) in [5, 5.41) is 13.9. The zero-order valence-corrected chi connectivity index (χ0v) is 12.2. The lowest BCUT2D eigenvalue weighted by atomic mass is 10.1. The van der Waals surface area contributed by atoms with Crippen molar-refractivity contribution in [2.75, 3.05) is 0 Å². The number of carbonyl (C=O) groups is 1. The summed E-state index contributed by atoms with van der Waals surface area (Å²) in [6, 6.07) is 5.75. The van der Waals surface area contributed by atoms with Crippen molar-refractivity contribution < 1.29 is 14.3 Å². The van der Waals surface area contributed by atoms with Gasteiger partial charge in [0, 0.05) is 28.0 Å². The highest BCUT2D eigenvalue weighted by molar-refractivity contribution is 9.10. The molecular weight excluding hydrogens is 333 g/mol. The van der Waals surface area contributed by atoms with Gasteiger partial charge in [0.2, 0.25) is 0 Å². The van der Waals surface area contributed by atoms with Gasteiger partial charge in [-0.25, -0.2) is 9.18 Å². The Kier molecular flexibility index (Phi) is 4.68. The molecule has 2 aromatic rings. The van der Waals surface area contributed by atoms with Gasteiger partial charge in [-0.3, -0.25) is 0 Å². The first kappa shape index (κ1) is 14.2. The third-order valence-corrected chi connectivity index (χ3v) is 4.51. The predicted molar refractivity (Wildman–Crippen MR) is 75.9 cm³/mol. The standard InChI is InChI=1S/C13H11BrFNO2S/c14-10-3-4-19-12(10)7-16-6-9-5-8(13(17)18)1-2-11(9)15/h1-5,16H,6-7H2,(H,17,18). The molecule has 0 radical (unpaired) electrons. The summed E-state index contributed by atoms with van der Waals surface area (Å²) in [6.07, 6.45) is 0. The van der Waals surface area contributed by atoms with Gasteiger partial charge >= 0.3 is 5.97 Å². The van der Waals surface area contributed by atoms with E-state index in [2.05, 4.69) is 21.2 Å². The van der Waals surface area contributed by atoms with Crippen LogP contribution in [0.5, 0.6) is 0 Å². The van der Waals surface area contributed by atoms with Crippen LogP contribution in [0.25, 0.3) is 0 Å². The van der Waals surface area contributed by atoms with E-state index in [9.17, 15) is 9.18 Å². The van der Waals surface area contributed by atoms with Crippen molar-refractivity contribution in [3.63, 3.8) is 0 Å². The van der Waals surface area contributed by atoms with E-state index < -0.39 is 11.8 Å². The van der Waals surface area contributed by atoms with Crippen LogP contribution in [0.2, 0.25) is 0 Å². The van der Waals surface area contributed by atoms with Crippen molar-refractivity contribution in [1.29, 1.82) is 0 Å². The van der Waals surface area contributed by atoms with Crippen LogP contribution in [0, 0.1) is 5.82 Å². The average molecular weight is 344 g/mol. The van der Waals surface area contributed by atoms with E-state index in [1.165, 1.54) is 18.2 Å². The highest BCUT2D eigenvalue weighted by atomic mass is 79.9. The number of thiophene rings is 1. The van der Waals surface area contributed by atoms with Crippen molar-refractivity contribution >= 4 is 33.2 Å². The lowest BCUT2D eigenvalue weighted by Crippen LogP contribution is -2.14. The summed E-state index contributed by atoms with van der Waals surface area (Å²) < 4.78 is 14.6. The molecule has 0 bridgehead atoms. The van der Waals surface area contributed by atoms with Crippen molar-refractivity contribution in [2.45, 2.75) is 13.1 Å². The van der Waals surface area contributed by atoms with Gasteiger partial charge in [-0.15, -0.1) is 11.3 Å². The molecule has 0 aliphatic rings. The molecular formula is C13H11BrFNO2S. The molecule has 0 atom stereocenters. The van der Waals surface area contributed by atoms with Crippen LogP contribution in [-0.4, -0.2) is 11.1 Å². The fraction of sp³-hybridized carbons (Fsp3) is 0.154. The zero-order valence-electron chi connectivity index (χ0n) is 9.82. The van der Waals surface area contributed by atoms with E-state index >= 15 is 0 Å². The second kappa shape index (κ2) is 6.27. The number of hydrogen-bond acceptors (Lipinski definition) is 3. The molecule has 0 saturated carbocycles. The molecule has 0 amide bonds. The highest BCUT2D eigenvalue weighted by Gasteiger charge is 2.08. The summed E-state index contributed by atoms with van der Waals surface area (Å²) in [5.74, 6) is -1.45. The molecule has 19 heavy (non-hydrogen) atoms. The van der Waals surface area contributed by atoms with Crippen LogP contribution >= 0.6 is 27.3 Å². The molecule has 0 spiro atoms. The van der Waals surface area contributed by atoms with Gasteiger partial charge in [0.1, 0.15) is 5.82 Å². The quantitative estimate of drug-likeness (QED) is 0.871. The minimum Gasteiger partial charge on any atom is -0.478 e. The summed E-state index contributed by atoms with van der Waals surface area (Å²) >= 11 is 5.02. The fourth-order valence-corrected chi connectivity index (χ4v) is 3.07. The monoisotopic (exact) mass is 343 g/mol. The minimum atomic E-state index is -1.05. The Morgan fingerprint density at radius 2 is 2.16 bits per heavy atom. The molecule has 0 unspecified atom stereocenters. The van der Waals surface area contributed by atoms with Crippen molar-refractivity contribution in [1.82, 2.24) is 5.32 Å². The Balaban J connectivity index is 2.01. The number of rotatable bonds is 5. The highest BCUT2D eigenvalue weighted by Crippen LogP contribution is 2.22. The third-order valence-electron chi connectivity index (χ3n) is 2.58. The average Bonchev–Trinajstić information content (AvgIpc) is 2.77. The molecule has 2 N–H and O–H groups in total. The van der Waals surface area contributed by atoms with Crippen LogP contribution in [0.1, 0.15) is 20.8 Å². The smallest absolute Gasteiger partial charge is 0.335 e. The summed E-state index contributed by atoms with van der Waals surface area (Å²) in [6.45, 7) is 0.895. The molecule has 0 aliphatic carbocycles. The first-order chi connectivity index (χ1) is 9.08. The van der Waals surface area contributed by atoms with E-state index in [0.717, 1.165) is 9.35 Å². The Morgan fingerprint density at radius 1 is 1.37 bits per heavy atom. The Hall–Kier alpha value is -1.24. The molecule has 1 aromatic heterocycles. The first-order valence-electron chi connectivity index (χ1n) is 5.52. The number of carboxylic acid groups (broad SMARTS) is 1. The van der Waals surface area contributed by atoms with Gasteiger partial charge in [0.15, 0.2) is 0 Å². The Labute approximate surface area is 122 Å². The van der Waals surface area contributed by atoms with Gasteiger partial charge in [-0.1, -0.05) is 0 Å². The number of aromatic carboxylic acids is 1. The molecule has 6 heteroatoms. The van der Waals surface area contributed by atoms with Crippen LogP contribution in [0.15, 0.2) is 34.1 Å². The first-order valence-corrected chi connectivity index (χ1v) is 7.19. The Bertz CT molecular complexity index is 600. The number of nitrogens with one attached hydrogen (secondary N) is 1. The second-order valence-corrected chi connectivity index (χ2v) is 5.76. The van der Waals surface area contributed by atoms with E-state index in [1.807, 2.05) is 11.4 Å². The number of hydrogen-bond donors (Lipinski definition) is 2. The minimum absolute atomic E-state index is 0.0931. The maximum absolute atomic E-state index is 13.5. The molecule has 1 heterocycles. The van der Waals surface area contributed by atoms with Crippen molar-refractivity contribution in [3.8, 4) is 0 Å². The molecule has 0 saturated heterocycles. The van der Waals surface area contributed by atoms with Gasteiger partial charge in [0.25, 0.3) is 0 Å². The SMILES string of the molecule is O=C(O)c1ccc(F)c(CNCc2sccc2Br)c1. The molecule has 2 rings (SSSR count). The summed E-state index contributed by atoms with van der Waals surface area (Å²) in [7, 11) is 0. The number of carboxylic acids is 1. The third kappa shape index (κ3) is 3.62. The maximum atomic E-state index is 13.5. The van der Waals surface area contributed by atoms with Gasteiger partial charge < -0.3 is 10.4 Å². The van der Waals surface area contributed by atoms with Crippen LogP contribution in [-0.2, 0) is 13.1 Å². The summed E-state index contributed by atoms with van der Waals surface area (Å²) in [4.78, 5) is 11.9. The topological polar surface area (TPSA) is 49.3 Å². The van der Waals surface area contributed by atoms with E-state index in [0.29, 0.717) is 12.1 Å². The molecule has 0 fully saturated rings. The van der Waals surface area contributed by atoms with E-state index in [1.54, 1.807) is 11.3 Å². The zero-order chi connectivity index (χ0) is 13.8. The molecule has 3 nitrogen and oxygen atoms in total. The molecule has 1 aromatic carbocycles. The molecule has 0 aliphatic heterocycles. The van der Waals surface area contributed by atoms with E-state index in [-0.39, 0.29) is 12.1 Å². The summed E-state index contributed by atoms with van der Waals surface area (Å²) in [5.41, 5.74) is 0.447. The second-order valence-electron chi connectivity index (χ2n) is 3.91. The number of benzene rings is 1. The van der Waals surface area contributed by atoms with Gasteiger partial charge in [0.05, 0.1) is 5.56 Å². The lowest BCUT2D eigenvalue weighted by molar-refractivity contribution is 0.0696. The van der Waals surface area contributed by atoms with Crippen LogP contribution in [0.3, 0.4) is 0 Å². The van der Waals surface area contributed by atoms with Crippen molar-refractivity contribution in [2.24, 2.45) is 0 Å². The largest absolute Gasteiger partial charge is 0.478 e. The van der Waals surface area contributed by atoms with Gasteiger partial charge in [-0.2, -0.15) is 0 Å². The number of halogens is 2. The van der Waals surface area contributed by atoms with Gasteiger partial charge in [-0.05, 0) is 45.6 Å². The molecule has 100 valence electrons. The Morgan fingerprint density at radius 3 is 2.79 bits per heavy atom. The van der Waals surface area contributed by atoms with E-state index in [4.69, 9.17) is 5.11 Å². The van der Waals surface area contributed by atoms with Crippen LogP contribution < -0.4 is 5.32 Å². The van der Waals surface area contributed by atoms with Crippen LogP contribution in [0.4, 0.5) is 4.39 Å².